The second-order valence-corrected chi connectivity index (χ2v) is 7.52. The van der Waals surface area contributed by atoms with E-state index in [0.717, 1.165) is 0 Å². The monoisotopic (exact) mass is 364 g/mol. The number of rotatable bonds is 10. The summed E-state index contributed by atoms with van der Waals surface area (Å²) in [4.78, 5) is 12.2. The van der Waals surface area contributed by atoms with Crippen LogP contribution >= 0.6 is 19.2 Å². The summed E-state index contributed by atoms with van der Waals surface area (Å²) in [5.41, 5.74) is 0.533. The van der Waals surface area contributed by atoms with Gasteiger partial charge in [-0.3, -0.25) is 9.36 Å². The number of carbonyl (C=O) groups is 1. The molecule has 0 aliphatic heterocycles. The molecule has 130 valence electrons. The zero-order valence-corrected chi connectivity index (χ0v) is 15.0. The fourth-order valence-electron chi connectivity index (χ4n) is 1.94. The Balaban J connectivity index is 2.77. The molecule has 0 aliphatic rings. The van der Waals surface area contributed by atoms with E-state index < -0.39 is 24.6 Å². The predicted molar refractivity (Wildman–Crippen MR) is 88.1 cm³/mol. The zero-order valence-electron chi connectivity index (χ0n) is 13.4. The van der Waals surface area contributed by atoms with Gasteiger partial charge in [-0.15, -0.1) is 11.6 Å². The van der Waals surface area contributed by atoms with Crippen LogP contribution in [0.15, 0.2) is 24.3 Å². The van der Waals surface area contributed by atoms with Gasteiger partial charge in [-0.05, 0) is 31.5 Å². The highest BCUT2D eigenvalue weighted by Crippen LogP contribution is 2.55. The molecule has 1 unspecified atom stereocenters. The minimum absolute atomic E-state index is 0.106. The summed E-state index contributed by atoms with van der Waals surface area (Å²) in [6.07, 6.45) is -1.35. The SMILES string of the molecule is CCOP(=O)(OCC)C(Cl)C(=O)C[C@@H](O)c1ccc(OC)cc1. The molecule has 0 saturated heterocycles. The van der Waals surface area contributed by atoms with Crippen LogP contribution in [0.2, 0.25) is 0 Å². The molecule has 23 heavy (non-hydrogen) atoms. The predicted octanol–water partition coefficient (Wildman–Crippen LogP) is 3.52. The number of ketones is 1. The van der Waals surface area contributed by atoms with Crippen molar-refractivity contribution in [1.29, 1.82) is 0 Å². The number of hydrogen-bond acceptors (Lipinski definition) is 6. The smallest absolute Gasteiger partial charge is 0.355 e. The molecule has 0 aliphatic carbocycles. The number of alkyl halides is 1. The fourth-order valence-corrected chi connectivity index (χ4v) is 3.88. The Morgan fingerprint density at radius 3 is 2.17 bits per heavy atom. The number of Topliss-reactive ketones (excluding diaryl/α,β-unsaturated/α-hetero) is 1. The molecule has 2 atom stereocenters. The quantitative estimate of drug-likeness (QED) is 0.505. The molecule has 8 heteroatoms. The van der Waals surface area contributed by atoms with Crippen molar-refractivity contribution in [3.05, 3.63) is 29.8 Å². The molecule has 0 radical (unpaired) electrons. The third kappa shape index (κ3) is 5.59. The number of ether oxygens (including phenoxy) is 1. The molecule has 1 aromatic carbocycles. The third-order valence-corrected chi connectivity index (χ3v) is 6.10. The number of aliphatic hydroxyl groups excluding tert-OH is 1. The molecule has 0 heterocycles. The van der Waals surface area contributed by atoms with E-state index in [1.807, 2.05) is 0 Å². The van der Waals surface area contributed by atoms with Crippen LogP contribution in [0, 0.1) is 0 Å². The van der Waals surface area contributed by atoms with Gasteiger partial charge in [0.25, 0.3) is 0 Å². The van der Waals surface area contributed by atoms with Gasteiger partial charge in [-0.25, -0.2) is 0 Å². The van der Waals surface area contributed by atoms with Crippen molar-refractivity contribution in [3.63, 3.8) is 0 Å². The Hall–Kier alpha value is -0.910. The van der Waals surface area contributed by atoms with Crippen molar-refractivity contribution in [2.75, 3.05) is 20.3 Å². The van der Waals surface area contributed by atoms with Crippen molar-refractivity contribution >= 4 is 25.0 Å². The van der Waals surface area contributed by atoms with Gasteiger partial charge in [0, 0.05) is 6.42 Å². The van der Waals surface area contributed by atoms with Gasteiger partial charge in [0.05, 0.1) is 26.4 Å². The Bertz CT molecular complexity index is 537. The lowest BCUT2D eigenvalue weighted by Crippen LogP contribution is -2.20. The van der Waals surface area contributed by atoms with Crippen LogP contribution in [-0.4, -0.2) is 36.3 Å². The summed E-state index contributed by atoms with van der Waals surface area (Å²) < 4.78 is 27.6. The van der Waals surface area contributed by atoms with Gasteiger partial charge in [0.1, 0.15) is 5.75 Å². The van der Waals surface area contributed by atoms with Gasteiger partial charge < -0.3 is 18.9 Å². The van der Waals surface area contributed by atoms with E-state index in [0.29, 0.717) is 11.3 Å². The van der Waals surface area contributed by atoms with Gasteiger partial charge in [-0.1, -0.05) is 12.1 Å². The molecule has 0 spiro atoms. The minimum Gasteiger partial charge on any atom is -0.497 e. The van der Waals surface area contributed by atoms with E-state index in [1.165, 1.54) is 7.11 Å². The van der Waals surface area contributed by atoms with E-state index in [-0.39, 0.29) is 19.6 Å². The average molecular weight is 365 g/mol. The van der Waals surface area contributed by atoms with Crippen molar-refractivity contribution < 1.29 is 28.3 Å². The normalized spacial score (nSPS) is 14.3. The summed E-state index contributed by atoms with van der Waals surface area (Å²) in [5, 5.41) is 8.69. The molecule has 1 rings (SSSR count). The summed E-state index contributed by atoms with van der Waals surface area (Å²) in [6, 6.07) is 6.63. The van der Waals surface area contributed by atoms with Crippen LogP contribution in [-0.2, 0) is 18.4 Å². The number of halogens is 1. The number of aliphatic hydroxyl groups is 1. The number of carbonyl (C=O) groups excluding carboxylic acids is 1. The van der Waals surface area contributed by atoms with Gasteiger partial charge in [0.15, 0.2) is 10.9 Å². The first kappa shape index (κ1) is 20.1. The lowest BCUT2D eigenvalue weighted by atomic mass is 10.0. The first-order valence-electron chi connectivity index (χ1n) is 7.25. The molecule has 0 aromatic heterocycles. The highest BCUT2D eigenvalue weighted by molar-refractivity contribution is 7.57. The second-order valence-electron chi connectivity index (χ2n) is 4.67. The average Bonchev–Trinajstić information content (AvgIpc) is 2.54. The van der Waals surface area contributed by atoms with Crippen molar-refractivity contribution in [3.8, 4) is 5.75 Å². The first-order valence-corrected chi connectivity index (χ1v) is 9.30. The Morgan fingerprint density at radius 1 is 1.22 bits per heavy atom. The van der Waals surface area contributed by atoms with Crippen LogP contribution in [0.25, 0.3) is 0 Å². The first-order chi connectivity index (χ1) is 10.9. The molecular weight excluding hydrogens is 343 g/mol. The topological polar surface area (TPSA) is 82.1 Å². The minimum atomic E-state index is -3.74. The Labute approximate surface area is 141 Å². The molecule has 1 aromatic rings. The molecule has 0 saturated carbocycles. The van der Waals surface area contributed by atoms with Crippen LogP contribution in [0.4, 0.5) is 0 Å². The summed E-state index contributed by atoms with van der Waals surface area (Å²) in [5.74, 6) is 0.0416. The number of methoxy groups -OCH3 is 1. The maximum absolute atomic E-state index is 12.5. The van der Waals surface area contributed by atoms with Gasteiger partial charge in [-0.2, -0.15) is 0 Å². The Morgan fingerprint density at radius 2 is 1.74 bits per heavy atom. The summed E-state index contributed by atoms with van der Waals surface area (Å²) >= 11 is 5.98. The fraction of sp³-hybridized carbons (Fsp3) is 0.533. The van der Waals surface area contributed by atoms with Crippen molar-refractivity contribution in [1.82, 2.24) is 0 Å². The molecule has 6 nitrogen and oxygen atoms in total. The molecule has 0 bridgehead atoms. The molecule has 0 fully saturated rings. The maximum atomic E-state index is 12.5. The summed E-state index contributed by atoms with van der Waals surface area (Å²) in [6.45, 7) is 3.47. The summed E-state index contributed by atoms with van der Waals surface area (Å²) in [7, 11) is -2.21. The molecular formula is C15H22ClO6P. The zero-order chi connectivity index (χ0) is 17.5. The number of hydrogen-bond donors (Lipinski definition) is 1. The van der Waals surface area contributed by atoms with E-state index >= 15 is 0 Å². The lowest BCUT2D eigenvalue weighted by molar-refractivity contribution is -0.119. The van der Waals surface area contributed by atoms with E-state index in [4.69, 9.17) is 25.4 Å². The van der Waals surface area contributed by atoms with Gasteiger partial charge >= 0.3 is 7.60 Å². The van der Waals surface area contributed by atoms with E-state index in [2.05, 4.69) is 0 Å². The van der Waals surface area contributed by atoms with E-state index in [9.17, 15) is 14.5 Å². The van der Waals surface area contributed by atoms with Crippen LogP contribution in [0.1, 0.15) is 31.9 Å². The Kier molecular flexibility index (Phi) is 8.23. The highest BCUT2D eigenvalue weighted by Gasteiger charge is 2.39. The maximum Gasteiger partial charge on any atom is 0.355 e. The highest BCUT2D eigenvalue weighted by atomic mass is 35.5. The lowest BCUT2D eigenvalue weighted by Gasteiger charge is -2.21. The third-order valence-electron chi connectivity index (χ3n) is 3.06. The molecule has 0 amide bonds. The van der Waals surface area contributed by atoms with Crippen molar-refractivity contribution in [2.45, 2.75) is 31.5 Å². The number of benzene rings is 1. The largest absolute Gasteiger partial charge is 0.497 e. The van der Waals surface area contributed by atoms with Crippen LogP contribution in [0.5, 0.6) is 5.75 Å². The second kappa shape index (κ2) is 9.40. The standard InChI is InChI=1S/C15H22ClO6P/c1-4-21-23(19,22-5-2)15(16)14(18)10-13(17)11-6-8-12(20-3)9-7-11/h6-9,13,15,17H,4-5,10H2,1-3H3/t13-,15?/m1/s1. The van der Waals surface area contributed by atoms with Crippen LogP contribution in [0.3, 0.4) is 0 Å². The van der Waals surface area contributed by atoms with Gasteiger partial charge in [0.2, 0.25) is 0 Å². The van der Waals surface area contributed by atoms with Crippen LogP contribution < -0.4 is 4.74 Å². The molecule has 1 N–H and O–H groups in total. The van der Waals surface area contributed by atoms with E-state index in [1.54, 1.807) is 38.1 Å². The van der Waals surface area contributed by atoms with Crippen molar-refractivity contribution in [2.24, 2.45) is 0 Å².